The van der Waals surface area contributed by atoms with Crippen molar-refractivity contribution in [3.8, 4) is 0 Å². The molecule has 0 bridgehead atoms. The summed E-state index contributed by atoms with van der Waals surface area (Å²) in [5.74, 6) is -0.861. The number of imide groups is 1. The average molecular weight is 412 g/mol. The van der Waals surface area contributed by atoms with Gasteiger partial charge >= 0.3 is 0 Å². The summed E-state index contributed by atoms with van der Waals surface area (Å²) in [6, 6.07) is 23.5. The maximum absolute atomic E-state index is 13.5. The molecular weight excluding hydrogens is 391 g/mol. The molecule has 5 heteroatoms. The number of hydrogen-bond donors (Lipinski definition) is 0. The summed E-state index contributed by atoms with van der Waals surface area (Å²) in [5, 5.41) is 0. The van der Waals surface area contributed by atoms with Crippen LogP contribution in [0.25, 0.3) is 5.57 Å². The van der Waals surface area contributed by atoms with Gasteiger partial charge in [-0.2, -0.15) is 0 Å². The average Bonchev–Trinajstić information content (AvgIpc) is 3.32. The predicted octanol–water partition coefficient (Wildman–Crippen LogP) is 4.21. The summed E-state index contributed by atoms with van der Waals surface area (Å²) < 4.78 is 13.2. The van der Waals surface area contributed by atoms with Crippen LogP contribution in [-0.4, -0.2) is 29.8 Å². The summed E-state index contributed by atoms with van der Waals surface area (Å²) >= 11 is 0. The van der Waals surface area contributed by atoms with Crippen molar-refractivity contribution < 1.29 is 14.0 Å². The van der Waals surface area contributed by atoms with Gasteiger partial charge in [0, 0.05) is 18.8 Å². The molecule has 0 saturated heterocycles. The van der Waals surface area contributed by atoms with Crippen molar-refractivity contribution >= 4 is 23.1 Å². The number of benzene rings is 3. The zero-order valence-electron chi connectivity index (χ0n) is 16.9. The maximum atomic E-state index is 13.5. The van der Waals surface area contributed by atoms with E-state index >= 15 is 0 Å². The first-order chi connectivity index (χ1) is 15.1. The quantitative estimate of drug-likeness (QED) is 0.590. The summed E-state index contributed by atoms with van der Waals surface area (Å²) in [5.41, 5.74) is 4.66. The molecule has 2 amide bonds. The van der Waals surface area contributed by atoms with Crippen LogP contribution in [0.2, 0.25) is 0 Å². The number of carbonyl (C=O) groups excluding carboxylic acids is 2. The van der Waals surface area contributed by atoms with Crippen LogP contribution in [0.15, 0.2) is 84.6 Å². The van der Waals surface area contributed by atoms with Gasteiger partial charge in [-0.25, -0.2) is 4.39 Å². The number of hydrogen-bond acceptors (Lipinski definition) is 3. The minimum atomic E-state index is -0.305. The Balaban J connectivity index is 1.51. The molecule has 0 unspecified atom stereocenters. The summed E-state index contributed by atoms with van der Waals surface area (Å²) in [6.45, 7) is 0.911. The summed E-state index contributed by atoms with van der Waals surface area (Å²) in [6.07, 6.45) is 1.31. The molecule has 4 nitrogen and oxygen atoms in total. The van der Waals surface area contributed by atoms with Gasteiger partial charge in [-0.15, -0.1) is 0 Å². The molecule has 0 radical (unpaired) electrons. The zero-order chi connectivity index (χ0) is 21.4. The molecule has 0 aliphatic carbocycles. The van der Waals surface area contributed by atoms with E-state index < -0.39 is 0 Å². The molecule has 154 valence electrons. The monoisotopic (exact) mass is 412 g/mol. The maximum Gasteiger partial charge on any atom is 0.278 e. The number of amides is 2. The Morgan fingerprint density at radius 2 is 1.52 bits per heavy atom. The van der Waals surface area contributed by atoms with Gasteiger partial charge in [-0.3, -0.25) is 14.5 Å². The molecule has 3 aromatic carbocycles. The van der Waals surface area contributed by atoms with Crippen molar-refractivity contribution in [2.45, 2.75) is 12.8 Å². The fraction of sp³-hybridized carbons (Fsp3) is 0.154. The van der Waals surface area contributed by atoms with Crippen LogP contribution in [-0.2, 0) is 22.4 Å². The Bertz CT molecular complexity index is 1190. The minimum Gasteiger partial charge on any atom is -0.336 e. The molecular formula is C26H21FN2O2. The zero-order valence-corrected chi connectivity index (χ0v) is 16.9. The van der Waals surface area contributed by atoms with Crippen LogP contribution in [0, 0.1) is 5.82 Å². The SMILES string of the molecule is O=C1C(c2ccccc2)=C(N2CCc3ccccc32)C(=O)N1CCc1ccc(F)cc1. The Labute approximate surface area is 180 Å². The van der Waals surface area contributed by atoms with E-state index in [2.05, 4.69) is 6.07 Å². The van der Waals surface area contributed by atoms with E-state index in [4.69, 9.17) is 0 Å². The lowest BCUT2D eigenvalue weighted by Gasteiger charge is -2.21. The lowest BCUT2D eigenvalue weighted by Crippen LogP contribution is -2.36. The lowest BCUT2D eigenvalue weighted by molar-refractivity contribution is -0.136. The Morgan fingerprint density at radius 3 is 2.29 bits per heavy atom. The highest BCUT2D eigenvalue weighted by atomic mass is 19.1. The van der Waals surface area contributed by atoms with Gasteiger partial charge in [0.05, 0.1) is 5.57 Å². The van der Waals surface area contributed by atoms with Gasteiger partial charge in [-0.05, 0) is 47.7 Å². The van der Waals surface area contributed by atoms with E-state index in [1.165, 1.54) is 22.6 Å². The summed E-state index contributed by atoms with van der Waals surface area (Å²) in [7, 11) is 0. The standard InChI is InChI=1S/C26H21FN2O2/c27-21-12-10-18(11-13-21)14-16-29-25(30)23(20-7-2-1-3-8-20)24(26(29)31)28-17-15-19-6-4-5-9-22(19)28/h1-13H,14-17H2. The van der Waals surface area contributed by atoms with Crippen molar-refractivity contribution in [3.05, 3.63) is 107 Å². The van der Waals surface area contributed by atoms with E-state index in [1.54, 1.807) is 12.1 Å². The van der Waals surface area contributed by atoms with Crippen molar-refractivity contribution in [1.29, 1.82) is 0 Å². The first kappa shape index (κ1) is 19.2. The Morgan fingerprint density at radius 1 is 0.806 bits per heavy atom. The van der Waals surface area contributed by atoms with Gasteiger partial charge in [-0.1, -0.05) is 60.7 Å². The van der Waals surface area contributed by atoms with E-state index in [9.17, 15) is 14.0 Å². The first-order valence-electron chi connectivity index (χ1n) is 10.4. The number of carbonyl (C=O) groups is 2. The third-order valence-corrected chi connectivity index (χ3v) is 5.90. The van der Waals surface area contributed by atoms with Crippen molar-refractivity contribution in [3.63, 3.8) is 0 Å². The number of anilines is 1. The highest BCUT2D eigenvalue weighted by molar-refractivity contribution is 6.36. The molecule has 2 aliphatic heterocycles. The van der Waals surface area contributed by atoms with Crippen LogP contribution in [0.3, 0.4) is 0 Å². The third-order valence-electron chi connectivity index (χ3n) is 5.90. The van der Waals surface area contributed by atoms with E-state index in [1.807, 2.05) is 53.4 Å². The van der Waals surface area contributed by atoms with E-state index in [0.717, 1.165) is 23.2 Å². The first-order valence-corrected chi connectivity index (χ1v) is 10.4. The van der Waals surface area contributed by atoms with Crippen LogP contribution < -0.4 is 4.90 Å². The molecule has 2 heterocycles. The normalized spacial score (nSPS) is 15.8. The Kier molecular flexibility index (Phi) is 4.86. The highest BCUT2D eigenvalue weighted by Crippen LogP contribution is 2.38. The lowest BCUT2D eigenvalue weighted by atomic mass is 10.0. The number of para-hydroxylation sites is 1. The second-order valence-electron chi connectivity index (χ2n) is 7.76. The van der Waals surface area contributed by atoms with Crippen LogP contribution in [0.5, 0.6) is 0 Å². The largest absolute Gasteiger partial charge is 0.336 e. The molecule has 31 heavy (non-hydrogen) atoms. The number of nitrogens with zero attached hydrogens (tertiary/aromatic N) is 2. The smallest absolute Gasteiger partial charge is 0.278 e. The molecule has 0 spiro atoms. The van der Waals surface area contributed by atoms with Gasteiger partial charge in [0.15, 0.2) is 0 Å². The van der Waals surface area contributed by atoms with E-state index in [-0.39, 0.29) is 24.2 Å². The third kappa shape index (κ3) is 3.42. The molecule has 0 fully saturated rings. The number of halogens is 1. The predicted molar refractivity (Wildman–Crippen MR) is 118 cm³/mol. The fourth-order valence-electron chi connectivity index (χ4n) is 4.34. The van der Waals surface area contributed by atoms with Gasteiger partial charge in [0.25, 0.3) is 11.8 Å². The molecule has 5 rings (SSSR count). The highest BCUT2D eigenvalue weighted by Gasteiger charge is 2.42. The molecule has 0 N–H and O–H groups in total. The molecule has 3 aromatic rings. The number of fused-ring (bicyclic) bond motifs is 1. The Hall–Kier alpha value is -3.73. The van der Waals surface area contributed by atoms with Crippen molar-refractivity contribution in [2.75, 3.05) is 18.0 Å². The van der Waals surface area contributed by atoms with Gasteiger partial charge in [0.1, 0.15) is 11.5 Å². The topological polar surface area (TPSA) is 40.6 Å². The molecule has 2 aliphatic rings. The fourth-order valence-corrected chi connectivity index (χ4v) is 4.34. The van der Waals surface area contributed by atoms with Gasteiger partial charge < -0.3 is 4.90 Å². The van der Waals surface area contributed by atoms with Gasteiger partial charge in [0.2, 0.25) is 0 Å². The minimum absolute atomic E-state index is 0.249. The van der Waals surface area contributed by atoms with Crippen molar-refractivity contribution in [1.82, 2.24) is 4.90 Å². The van der Waals surface area contributed by atoms with E-state index in [0.29, 0.717) is 24.2 Å². The molecule has 0 saturated carbocycles. The second kappa shape index (κ2) is 7.84. The van der Waals surface area contributed by atoms with Crippen LogP contribution in [0.4, 0.5) is 10.1 Å². The molecule has 0 aromatic heterocycles. The summed E-state index contributed by atoms with van der Waals surface area (Å²) in [4.78, 5) is 30.3. The van der Waals surface area contributed by atoms with Crippen molar-refractivity contribution in [2.24, 2.45) is 0 Å². The van der Waals surface area contributed by atoms with Crippen LogP contribution in [0.1, 0.15) is 16.7 Å². The molecule has 0 atom stereocenters. The number of rotatable bonds is 5. The van der Waals surface area contributed by atoms with Crippen LogP contribution >= 0.6 is 0 Å². The second-order valence-corrected chi connectivity index (χ2v) is 7.76.